The third-order valence-corrected chi connectivity index (χ3v) is 3.50. The molecule has 0 aromatic heterocycles. The summed E-state index contributed by atoms with van der Waals surface area (Å²) in [6, 6.07) is 5.39. The van der Waals surface area contributed by atoms with Gasteiger partial charge in [0, 0.05) is 18.7 Å². The average molecular weight is 289 g/mol. The highest BCUT2D eigenvalue weighted by Crippen LogP contribution is 2.10. The maximum Gasteiger partial charge on any atom is 0.327 e. The quantitative estimate of drug-likeness (QED) is 0.589. The smallest absolute Gasteiger partial charge is 0.327 e. The summed E-state index contributed by atoms with van der Waals surface area (Å²) in [7, 11) is 0. The summed E-state index contributed by atoms with van der Waals surface area (Å²) in [5, 5.41) is 0. The SMILES string of the molecule is Cc1ccc(C(=O)NNC(=O)C(=O)N2CCCC2)c(C)c1. The first-order valence-corrected chi connectivity index (χ1v) is 6.96. The van der Waals surface area contributed by atoms with Crippen molar-refractivity contribution in [3.05, 3.63) is 34.9 Å². The third-order valence-electron chi connectivity index (χ3n) is 3.50. The molecule has 2 rings (SSSR count). The lowest BCUT2D eigenvalue weighted by atomic mass is 10.1. The van der Waals surface area contributed by atoms with Crippen LogP contribution in [0.3, 0.4) is 0 Å². The molecule has 6 heteroatoms. The van der Waals surface area contributed by atoms with E-state index in [0.29, 0.717) is 18.7 Å². The Labute approximate surface area is 123 Å². The molecule has 2 N–H and O–H groups in total. The van der Waals surface area contributed by atoms with Crippen LogP contribution in [0.1, 0.15) is 34.3 Å². The van der Waals surface area contributed by atoms with Gasteiger partial charge in [0.25, 0.3) is 5.91 Å². The highest BCUT2D eigenvalue weighted by Gasteiger charge is 2.24. The summed E-state index contributed by atoms with van der Waals surface area (Å²) < 4.78 is 0. The van der Waals surface area contributed by atoms with Crippen LogP contribution in [0.5, 0.6) is 0 Å². The second-order valence-corrected chi connectivity index (χ2v) is 5.23. The molecule has 0 bridgehead atoms. The largest absolute Gasteiger partial charge is 0.334 e. The summed E-state index contributed by atoms with van der Waals surface area (Å²) in [4.78, 5) is 36.9. The van der Waals surface area contributed by atoms with Gasteiger partial charge < -0.3 is 4.90 Å². The molecule has 0 aliphatic carbocycles. The molecule has 1 fully saturated rings. The van der Waals surface area contributed by atoms with Crippen molar-refractivity contribution in [2.75, 3.05) is 13.1 Å². The van der Waals surface area contributed by atoms with Crippen molar-refractivity contribution >= 4 is 17.7 Å². The van der Waals surface area contributed by atoms with Crippen molar-refractivity contribution in [3.8, 4) is 0 Å². The van der Waals surface area contributed by atoms with Crippen molar-refractivity contribution in [1.29, 1.82) is 0 Å². The van der Waals surface area contributed by atoms with E-state index in [9.17, 15) is 14.4 Å². The van der Waals surface area contributed by atoms with Crippen LogP contribution in [-0.4, -0.2) is 35.7 Å². The second kappa shape index (κ2) is 6.39. The first kappa shape index (κ1) is 15.0. The number of hydrazine groups is 1. The van der Waals surface area contributed by atoms with E-state index >= 15 is 0 Å². The van der Waals surface area contributed by atoms with Gasteiger partial charge in [-0.2, -0.15) is 0 Å². The Morgan fingerprint density at radius 3 is 2.33 bits per heavy atom. The van der Waals surface area contributed by atoms with Crippen LogP contribution in [-0.2, 0) is 9.59 Å². The highest BCUT2D eigenvalue weighted by atomic mass is 16.2. The van der Waals surface area contributed by atoms with Crippen LogP contribution in [0.25, 0.3) is 0 Å². The Balaban J connectivity index is 1.91. The molecule has 1 aliphatic rings. The van der Waals surface area contributed by atoms with Gasteiger partial charge in [0.15, 0.2) is 0 Å². The van der Waals surface area contributed by atoms with E-state index in [1.807, 2.05) is 26.0 Å². The zero-order valence-electron chi connectivity index (χ0n) is 12.2. The third kappa shape index (κ3) is 3.59. The van der Waals surface area contributed by atoms with Gasteiger partial charge in [0.2, 0.25) is 0 Å². The lowest BCUT2D eigenvalue weighted by Crippen LogP contribution is -2.49. The molecular formula is C15H19N3O3. The standard InChI is InChI=1S/C15H19N3O3/c1-10-5-6-12(11(2)9-10)13(19)16-17-14(20)15(21)18-7-3-4-8-18/h5-6,9H,3-4,7-8H2,1-2H3,(H,16,19)(H,17,20). The maximum absolute atomic E-state index is 12.0. The average Bonchev–Trinajstić information content (AvgIpc) is 2.97. The van der Waals surface area contributed by atoms with Crippen molar-refractivity contribution in [1.82, 2.24) is 15.8 Å². The molecule has 0 saturated carbocycles. The predicted molar refractivity (Wildman–Crippen MR) is 77.3 cm³/mol. The minimum Gasteiger partial charge on any atom is -0.334 e. The van der Waals surface area contributed by atoms with E-state index in [0.717, 1.165) is 24.0 Å². The van der Waals surface area contributed by atoms with Crippen molar-refractivity contribution in [2.45, 2.75) is 26.7 Å². The number of amides is 3. The minimum atomic E-state index is -0.810. The first-order valence-electron chi connectivity index (χ1n) is 6.96. The van der Waals surface area contributed by atoms with Gasteiger partial charge in [-0.3, -0.25) is 25.2 Å². The van der Waals surface area contributed by atoms with Crippen LogP contribution in [0.2, 0.25) is 0 Å². The molecule has 1 aromatic carbocycles. The molecule has 1 saturated heterocycles. The number of benzene rings is 1. The molecule has 1 aromatic rings. The zero-order chi connectivity index (χ0) is 15.4. The minimum absolute atomic E-state index is 0.435. The van der Waals surface area contributed by atoms with Crippen molar-refractivity contribution in [3.63, 3.8) is 0 Å². The van der Waals surface area contributed by atoms with Crippen LogP contribution in [0.4, 0.5) is 0 Å². The van der Waals surface area contributed by atoms with Gasteiger partial charge in [0.1, 0.15) is 0 Å². The van der Waals surface area contributed by atoms with Gasteiger partial charge in [-0.05, 0) is 38.3 Å². The Morgan fingerprint density at radius 2 is 1.71 bits per heavy atom. The fourth-order valence-corrected chi connectivity index (χ4v) is 2.37. The highest BCUT2D eigenvalue weighted by molar-refractivity contribution is 6.35. The number of aryl methyl sites for hydroxylation is 2. The molecule has 1 aliphatic heterocycles. The van der Waals surface area contributed by atoms with Crippen LogP contribution in [0, 0.1) is 13.8 Å². The van der Waals surface area contributed by atoms with Gasteiger partial charge in [0.05, 0.1) is 0 Å². The van der Waals surface area contributed by atoms with Gasteiger partial charge in [-0.25, -0.2) is 0 Å². The molecule has 0 atom stereocenters. The monoisotopic (exact) mass is 289 g/mol. The van der Waals surface area contributed by atoms with E-state index in [1.165, 1.54) is 4.90 Å². The lowest BCUT2D eigenvalue weighted by Gasteiger charge is -2.15. The lowest BCUT2D eigenvalue weighted by molar-refractivity contribution is -0.145. The summed E-state index contributed by atoms with van der Waals surface area (Å²) in [5.41, 5.74) is 6.78. The van der Waals surface area contributed by atoms with E-state index in [1.54, 1.807) is 6.07 Å². The molecule has 0 unspecified atom stereocenters. The number of carbonyl (C=O) groups is 3. The molecule has 6 nitrogen and oxygen atoms in total. The van der Waals surface area contributed by atoms with Crippen LogP contribution < -0.4 is 10.9 Å². The summed E-state index contributed by atoms with van der Waals surface area (Å²) >= 11 is 0. The number of nitrogens with one attached hydrogen (secondary N) is 2. The zero-order valence-corrected chi connectivity index (χ0v) is 12.2. The Morgan fingerprint density at radius 1 is 1.05 bits per heavy atom. The maximum atomic E-state index is 12.0. The molecule has 21 heavy (non-hydrogen) atoms. The van der Waals surface area contributed by atoms with Gasteiger partial charge in [-0.1, -0.05) is 17.7 Å². The van der Waals surface area contributed by atoms with E-state index in [4.69, 9.17) is 0 Å². The van der Waals surface area contributed by atoms with E-state index in [2.05, 4.69) is 10.9 Å². The fraction of sp³-hybridized carbons (Fsp3) is 0.400. The second-order valence-electron chi connectivity index (χ2n) is 5.23. The summed E-state index contributed by atoms with van der Waals surface area (Å²) in [6.07, 6.45) is 1.82. The van der Waals surface area contributed by atoms with Gasteiger partial charge >= 0.3 is 11.8 Å². The molecule has 0 spiro atoms. The fourth-order valence-electron chi connectivity index (χ4n) is 2.37. The summed E-state index contributed by atoms with van der Waals surface area (Å²) in [5.74, 6) is -1.85. The number of carbonyl (C=O) groups excluding carboxylic acids is 3. The van der Waals surface area contributed by atoms with Crippen LogP contribution >= 0.6 is 0 Å². The normalized spacial score (nSPS) is 13.9. The number of rotatable bonds is 1. The van der Waals surface area contributed by atoms with Crippen molar-refractivity contribution < 1.29 is 14.4 Å². The van der Waals surface area contributed by atoms with E-state index in [-0.39, 0.29) is 0 Å². The molecular weight excluding hydrogens is 270 g/mol. The Hall–Kier alpha value is -2.37. The number of hydrogen-bond acceptors (Lipinski definition) is 3. The molecule has 112 valence electrons. The predicted octanol–water partition coefficient (Wildman–Crippen LogP) is 0.687. The van der Waals surface area contributed by atoms with Crippen molar-refractivity contribution in [2.24, 2.45) is 0 Å². The first-order chi connectivity index (χ1) is 9.99. The Kier molecular flexibility index (Phi) is 4.57. The number of likely N-dealkylation sites (tertiary alicyclic amines) is 1. The number of nitrogens with zero attached hydrogens (tertiary/aromatic N) is 1. The molecule has 3 amide bonds. The molecule has 0 radical (unpaired) electrons. The number of hydrogen-bond donors (Lipinski definition) is 2. The van der Waals surface area contributed by atoms with Gasteiger partial charge in [-0.15, -0.1) is 0 Å². The molecule has 1 heterocycles. The van der Waals surface area contributed by atoms with E-state index < -0.39 is 17.7 Å². The summed E-state index contributed by atoms with van der Waals surface area (Å²) in [6.45, 7) is 4.94. The Bertz CT molecular complexity index is 578. The topological polar surface area (TPSA) is 78.5 Å². The van der Waals surface area contributed by atoms with Crippen LogP contribution in [0.15, 0.2) is 18.2 Å².